The summed E-state index contributed by atoms with van der Waals surface area (Å²) in [6.07, 6.45) is 0.778. The second-order valence-corrected chi connectivity index (χ2v) is 5.16. The number of carbonyl (C=O) groups is 1. The van der Waals surface area contributed by atoms with E-state index >= 15 is 0 Å². The number of rotatable bonds is 3. The van der Waals surface area contributed by atoms with Crippen molar-refractivity contribution in [2.24, 2.45) is 0 Å². The van der Waals surface area contributed by atoms with E-state index in [1.54, 1.807) is 4.68 Å². The van der Waals surface area contributed by atoms with Gasteiger partial charge in [0.2, 0.25) is 0 Å². The summed E-state index contributed by atoms with van der Waals surface area (Å²) < 4.78 is 1.76. The van der Waals surface area contributed by atoms with E-state index in [0.717, 1.165) is 29.8 Å². The van der Waals surface area contributed by atoms with Crippen LogP contribution in [0.4, 0.5) is 0 Å². The highest BCUT2D eigenvalue weighted by Gasteiger charge is 2.24. The molecule has 6 heteroatoms. The van der Waals surface area contributed by atoms with Crippen LogP contribution in [0.15, 0.2) is 24.3 Å². The van der Waals surface area contributed by atoms with Gasteiger partial charge in [-0.2, -0.15) is 5.10 Å². The largest absolute Gasteiger partial charge is 0.476 e. The van der Waals surface area contributed by atoms with Crippen LogP contribution in [0.5, 0.6) is 0 Å². The first kappa shape index (κ1) is 13.1. The molecule has 1 aromatic carbocycles. The number of aromatic nitrogens is 2. The number of hydrogen-bond donors (Lipinski definition) is 2. The Morgan fingerprint density at radius 2 is 2.25 bits per heavy atom. The molecule has 0 radical (unpaired) electrons. The van der Waals surface area contributed by atoms with Gasteiger partial charge in [-0.05, 0) is 11.6 Å². The summed E-state index contributed by atoms with van der Waals surface area (Å²) in [6, 6.07) is 7.54. The lowest BCUT2D eigenvalue weighted by Gasteiger charge is -2.15. The maximum atomic E-state index is 11.3. The molecule has 0 saturated carbocycles. The third-order valence-electron chi connectivity index (χ3n) is 3.49. The Bertz CT molecular complexity index is 666. The number of carboxylic acids is 1. The van der Waals surface area contributed by atoms with Crippen LogP contribution in [-0.4, -0.2) is 27.4 Å². The van der Waals surface area contributed by atoms with Gasteiger partial charge in [-0.25, -0.2) is 4.79 Å². The molecule has 0 unspecified atom stereocenters. The first-order chi connectivity index (χ1) is 9.66. The minimum absolute atomic E-state index is 0.138. The second kappa shape index (κ2) is 5.26. The number of fused-ring (bicyclic) bond motifs is 1. The molecule has 0 amide bonds. The molecule has 1 aliphatic heterocycles. The average molecular weight is 292 g/mol. The summed E-state index contributed by atoms with van der Waals surface area (Å²) in [6.45, 7) is 1.88. The molecule has 2 heterocycles. The molecule has 0 bridgehead atoms. The molecule has 0 saturated heterocycles. The summed E-state index contributed by atoms with van der Waals surface area (Å²) in [5.74, 6) is -0.983. The van der Waals surface area contributed by atoms with Crippen molar-refractivity contribution < 1.29 is 9.90 Å². The van der Waals surface area contributed by atoms with Crippen LogP contribution < -0.4 is 5.32 Å². The first-order valence-corrected chi connectivity index (χ1v) is 6.80. The van der Waals surface area contributed by atoms with Crippen LogP contribution in [0, 0.1) is 0 Å². The lowest BCUT2D eigenvalue weighted by atomic mass is 10.1. The summed E-state index contributed by atoms with van der Waals surface area (Å²) in [7, 11) is 0. The van der Waals surface area contributed by atoms with Gasteiger partial charge in [-0.15, -0.1) is 0 Å². The highest BCUT2D eigenvalue weighted by molar-refractivity contribution is 6.31. The smallest absolute Gasteiger partial charge is 0.356 e. The number of halogens is 1. The lowest BCUT2D eigenvalue weighted by molar-refractivity contribution is 0.0688. The molecule has 0 atom stereocenters. The van der Waals surface area contributed by atoms with Crippen LogP contribution >= 0.6 is 11.6 Å². The number of aromatic carboxylic acids is 1. The third-order valence-corrected chi connectivity index (χ3v) is 3.86. The SMILES string of the molecule is O=C(O)c1nn(Cc2ccccc2Cl)c2c1CNCC2. The Hall–Kier alpha value is -1.85. The van der Waals surface area contributed by atoms with Crippen molar-refractivity contribution >= 4 is 17.6 Å². The van der Waals surface area contributed by atoms with E-state index in [1.165, 1.54) is 0 Å². The van der Waals surface area contributed by atoms with Crippen molar-refractivity contribution in [1.29, 1.82) is 0 Å². The zero-order valence-corrected chi connectivity index (χ0v) is 11.5. The Labute approximate surface area is 121 Å². The van der Waals surface area contributed by atoms with Crippen LogP contribution in [0.3, 0.4) is 0 Å². The van der Waals surface area contributed by atoms with Gasteiger partial charge < -0.3 is 10.4 Å². The molecule has 5 nitrogen and oxygen atoms in total. The average Bonchev–Trinajstić information content (AvgIpc) is 2.81. The molecule has 2 aromatic rings. The van der Waals surface area contributed by atoms with Gasteiger partial charge in [0.1, 0.15) is 0 Å². The summed E-state index contributed by atoms with van der Waals surface area (Å²) in [5, 5.41) is 17.3. The van der Waals surface area contributed by atoms with Crippen molar-refractivity contribution in [3.63, 3.8) is 0 Å². The molecular formula is C14H14ClN3O2. The Balaban J connectivity index is 2.02. The quantitative estimate of drug-likeness (QED) is 0.907. The predicted molar refractivity (Wildman–Crippen MR) is 75.2 cm³/mol. The number of carboxylic acid groups (broad SMARTS) is 1. The van der Waals surface area contributed by atoms with Crippen LogP contribution in [-0.2, 0) is 19.5 Å². The van der Waals surface area contributed by atoms with Crippen molar-refractivity contribution in [1.82, 2.24) is 15.1 Å². The summed E-state index contributed by atoms with van der Waals surface area (Å²) in [5.41, 5.74) is 2.85. The Morgan fingerprint density at radius 3 is 3.00 bits per heavy atom. The van der Waals surface area contributed by atoms with Crippen LogP contribution in [0.25, 0.3) is 0 Å². The first-order valence-electron chi connectivity index (χ1n) is 6.43. The predicted octanol–water partition coefficient (Wildman–Crippen LogP) is 1.93. The van der Waals surface area contributed by atoms with Gasteiger partial charge >= 0.3 is 5.97 Å². The lowest BCUT2D eigenvalue weighted by Crippen LogP contribution is -2.25. The van der Waals surface area contributed by atoms with Gasteiger partial charge in [0.05, 0.1) is 6.54 Å². The summed E-state index contributed by atoms with van der Waals surface area (Å²) in [4.78, 5) is 11.3. The third kappa shape index (κ3) is 2.30. The van der Waals surface area contributed by atoms with Crippen LogP contribution in [0.2, 0.25) is 5.02 Å². The van der Waals surface area contributed by atoms with Crippen molar-refractivity contribution in [3.05, 3.63) is 51.8 Å². The number of benzene rings is 1. The van der Waals surface area contributed by atoms with Crippen molar-refractivity contribution in [2.45, 2.75) is 19.5 Å². The minimum Gasteiger partial charge on any atom is -0.476 e. The maximum Gasteiger partial charge on any atom is 0.356 e. The normalized spacial score (nSPS) is 14.1. The molecule has 3 rings (SSSR count). The maximum absolute atomic E-state index is 11.3. The van der Waals surface area contributed by atoms with Gasteiger partial charge in [0, 0.05) is 35.8 Å². The number of nitrogens with zero attached hydrogens (tertiary/aromatic N) is 2. The molecule has 2 N–H and O–H groups in total. The fourth-order valence-electron chi connectivity index (χ4n) is 2.51. The fourth-order valence-corrected chi connectivity index (χ4v) is 2.71. The molecule has 1 aliphatic rings. The Morgan fingerprint density at radius 1 is 1.45 bits per heavy atom. The second-order valence-electron chi connectivity index (χ2n) is 4.75. The molecule has 0 spiro atoms. The topological polar surface area (TPSA) is 67.1 Å². The zero-order chi connectivity index (χ0) is 14.1. The van der Waals surface area contributed by atoms with Gasteiger partial charge in [0.25, 0.3) is 0 Å². The fraction of sp³-hybridized carbons (Fsp3) is 0.286. The molecule has 1 aromatic heterocycles. The Kier molecular flexibility index (Phi) is 3.46. The van der Waals surface area contributed by atoms with E-state index in [9.17, 15) is 9.90 Å². The standard InChI is InChI=1S/C14H14ClN3O2/c15-11-4-2-1-3-9(11)8-18-12-5-6-16-7-10(12)13(17-18)14(19)20/h1-4,16H,5-8H2,(H,19,20). The minimum atomic E-state index is -0.983. The molecular weight excluding hydrogens is 278 g/mol. The van der Waals surface area contributed by atoms with Crippen molar-refractivity contribution in [3.8, 4) is 0 Å². The van der Waals surface area contributed by atoms with Crippen molar-refractivity contribution in [2.75, 3.05) is 6.54 Å². The van der Waals surface area contributed by atoms with Gasteiger partial charge in [-0.3, -0.25) is 4.68 Å². The van der Waals surface area contributed by atoms with E-state index in [4.69, 9.17) is 11.6 Å². The molecule has 0 fully saturated rings. The summed E-state index contributed by atoms with van der Waals surface area (Å²) >= 11 is 6.16. The molecule has 0 aliphatic carbocycles. The monoisotopic (exact) mass is 291 g/mol. The van der Waals surface area contributed by atoms with E-state index in [0.29, 0.717) is 18.1 Å². The highest BCUT2D eigenvalue weighted by atomic mass is 35.5. The van der Waals surface area contributed by atoms with Gasteiger partial charge in [-0.1, -0.05) is 29.8 Å². The van der Waals surface area contributed by atoms with E-state index in [-0.39, 0.29) is 5.69 Å². The van der Waals surface area contributed by atoms with E-state index < -0.39 is 5.97 Å². The van der Waals surface area contributed by atoms with E-state index in [2.05, 4.69) is 10.4 Å². The molecule has 104 valence electrons. The number of nitrogens with one attached hydrogen (secondary N) is 1. The molecule has 20 heavy (non-hydrogen) atoms. The number of hydrogen-bond acceptors (Lipinski definition) is 3. The highest BCUT2D eigenvalue weighted by Crippen LogP contribution is 2.22. The zero-order valence-electron chi connectivity index (χ0n) is 10.8. The van der Waals surface area contributed by atoms with Gasteiger partial charge in [0.15, 0.2) is 5.69 Å². The van der Waals surface area contributed by atoms with Crippen LogP contribution in [0.1, 0.15) is 27.3 Å². The van der Waals surface area contributed by atoms with E-state index in [1.807, 2.05) is 24.3 Å².